The number of methoxy groups -OCH3 is 3. The number of amides is 2. The van der Waals surface area contributed by atoms with E-state index in [1.165, 1.54) is 27.8 Å². The van der Waals surface area contributed by atoms with Crippen LogP contribution in [0.15, 0.2) is 41.5 Å². The lowest BCUT2D eigenvalue weighted by Gasteiger charge is -2.20. The van der Waals surface area contributed by atoms with Crippen LogP contribution in [0.1, 0.15) is 54.9 Å². The molecule has 8 heteroatoms. The van der Waals surface area contributed by atoms with Crippen molar-refractivity contribution in [3.8, 4) is 17.2 Å². The van der Waals surface area contributed by atoms with Crippen molar-refractivity contribution in [1.82, 2.24) is 5.43 Å². The molecule has 0 spiro atoms. The molecule has 3 rings (SSSR count). The highest BCUT2D eigenvalue weighted by Crippen LogP contribution is 2.38. The summed E-state index contributed by atoms with van der Waals surface area (Å²) in [5, 5.41) is 7.20. The molecule has 8 nitrogen and oxygen atoms in total. The number of carbonyl (C=O) groups is 2. The number of nitrogens with one attached hydrogen (secondary N) is 2. The summed E-state index contributed by atoms with van der Waals surface area (Å²) in [6.07, 6.45) is 5.37. The predicted molar refractivity (Wildman–Crippen MR) is 127 cm³/mol. The molecule has 33 heavy (non-hydrogen) atoms. The zero-order chi connectivity index (χ0) is 23.8. The maximum absolute atomic E-state index is 12.6. The van der Waals surface area contributed by atoms with E-state index in [1.54, 1.807) is 19.1 Å². The number of hydrogen-bond acceptors (Lipinski definition) is 6. The summed E-state index contributed by atoms with van der Waals surface area (Å²) in [5.41, 5.74) is 5.08. The van der Waals surface area contributed by atoms with E-state index in [0.29, 0.717) is 28.5 Å². The minimum atomic E-state index is -0.412. The van der Waals surface area contributed by atoms with E-state index in [-0.39, 0.29) is 11.8 Å². The lowest BCUT2D eigenvalue weighted by Crippen LogP contribution is -2.24. The van der Waals surface area contributed by atoms with Gasteiger partial charge in [0.1, 0.15) is 0 Å². The summed E-state index contributed by atoms with van der Waals surface area (Å²) in [6.45, 7) is 1.80. The van der Waals surface area contributed by atoms with E-state index in [1.807, 2.05) is 24.3 Å². The van der Waals surface area contributed by atoms with Gasteiger partial charge in [-0.15, -0.1) is 0 Å². The zero-order valence-electron chi connectivity index (χ0n) is 19.6. The van der Waals surface area contributed by atoms with E-state index in [9.17, 15) is 9.59 Å². The van der Waals surface area contributed by atoms with Crippen molar-refractivity contribution in [3.63, 3.8) is 0 Å². The minimum Gasteiger partial charge on any atom is -0.493 e. The number of hydrazone groups is 1. The molecular formula is C25H31N3O5. The Kier molecular flexibility index (Phi) is 8.29. The molecule has 0 heterocycles. The van der Waals surface area contributed by atoms with Gasteiger partial charge in [-0.25, -0.2) is 5.43 Å². The maximum atomic E-state index is 12.6. The molecule has 0 radical (unpaired) electrons. The number of rotatable bonds is 8. The number of benzene rings is 2. The van der Waals surface area contributed by atoms with Crippen molar-refractivity contribution in [2.24, 2.45) is 11.0 Å². The molecule has 176 valence electrons. The van der Waals surface area contributed by atoms with Crippen molar-refractivity contribution >= 4 is 23.2 Å². The summed E-state index contributed by atoms with van der Waals surface area (Å²) >= 11 is 0. The molecule has 0 aromatic heterocycles. The fraction of sp³-hybridized carbons (Fsp3) is 0.400. The van der Waals surface area contributed by atoms with Crippen molar-refractivity contribution in [2.75, 3.05) is 26.6 Å². The van der Waals surface area contributed by atoms with Gasteiger partial charge in [-0.3, -0.25) is 9.59 Å². The molecule has 2 aromatic carbocycles. The third-order valence-electron chi connectivity index (χ3n) is 5.80. The van der Waals surface area contributed by atoms with E-state index >= 15 is 0 Å². The Bertz CT molecular complexity index is 986. The maximum Gasteiger partial charge on any atom is 0.271 e. The Hall–Kier alpha value is -3.55. The largest absolute Gasteiger partial charge is 0.493 e. The van der Waals surface area contributed by atoms with Gasteiger partial charge >= 0.3 is 0 Å². The van der Waals surface area contributed by atoms with E-state index in [2.05, 4.69) is 15.8 Å². The second-order valence-corrected chi connectivity index (χ2v) is 7.95. The highest BCUT2D eigenvalue weighted by atomic mass is 16.5. The smallest absolute Gasteiger partial charge is 0.271 e. The van der Waals surface area contributed by atoms with Gasteiger partial charge < -0.3 is 19.5 Å². The first kappa shape index (κ1) is 24.1. The average molecular weight is 454 g/mol. The van der Waals surface area contributed by atoms with Gasteiger partial charge in [-0.05, 0) is 49.6 Å². The highest BCUT2D eigenvalue weighted by molar-refractivity contribution is 6.01. The molecule has 1 saturated carbocycles. The Balaban J connectivity index is 1.64. The second-order valence-electron chi connectivity index (χ2n) is 7.95. The molecule has 1 aliphatic carbocycles. The number of hydrogen-bond donors (Lipinski definition) is 2. The van der Waals surface area contributed by atoms with Crippen LogP contribution < -0.4 is 25.0 Å². The Morgan fingerprint density at radius 2 is 1.48 bits per heavy atom. The summed E-state index contributed by atoms with van der Waals surface area (Å²) in [7, 11) is 4.48. The summed E-state index contributed by atoms with van der Waals surface area (Å²) in [4.78, 5) is 25.0. The van der Waals surface area contributed by atoms with Crippen LogP contribution in [0.3, 0.4) is 0 Å². The standard InChI is InChI=1S/C25H31N3O5/c1-16(17-10-12-20(13-11-17)26-24(29)18-8-6-5-7-9-18)27-28-25(30)19-14-21(31-2)23(33-4)22(15-19)32-3/h10-15,18H,5-9H2,1-4H3,(H,26,29)(H,28,30). The molecule has 2 amide bonds. The van der Waals surface area contributed by atoms with Crippen molar-refractivity contribution in [2.45, 2.75) is 39.0 Å². The Labute approximate surface area is 194 Å². The van der Waals surface area contributed by atoms with Crippen LogP contribution in [0.5, 0.6) is 17.2 Å². The van der Waals surface area contributed by atoms with E-state index in [0.717, 1.165) is 36.9 Å². The number of ether oxygens (including phenoxy) is 3. The Morgan fingerprint density at radius 3 is 2.03 bits per heavy atom. The predicted octanol–water partition coefficient (Wildman–Crippen LogP) is 4.39. The first-order valence-electron chi connectivity index (χ1n) is 11.0. The summed E-state index contributed by atoms with van der Waals surface area (Å²) in [5.74, 6) is 0.955. The number of carbonyl (C=O) groups excluding carboxylic acids is 2. The monoisotopic (exact) mass is 453 g/mol. The van der Waals surface area contributed by atoms with Gasteiger partial charge in [-0.1, -0.05) is 31.4 Å². The van der Waals surface area contributed by atoms with Gasteiger partial charge in [0.2, 0.25) is 11.7 Å². The van der Waals surface area contributed by atoms with Crippen molar-refractivity contribution < 1.29 is 23.8 Å². The van der Waals surface area contributed by atoms with Crippen molar-refractivity contribution in [3.05, 3.63) is 47.5 Å². The fourth-order valence-corrected chi connectivity index (χ4v) is 3.88. The molecule has 0 aliphatic heterocycles. The molecule has 0 unspecified atom stereocenters. The van der Waals surface area contributed by atoms with Gasteiger partial charge in [0.05, 0.1) is 27.0 Å². The lowest BCUT2D eigenvalue weighted by atomic mass is 9.88. The van der Waals surface area contributed by atoms with E-state index < -0.39 is 5.91 Å². The van der Waals surface area contributed by atoms with Crippen LogP contribution in [-0.2, 0) is 4.79 Å². The SMILES string of the molecule is COc1cc(C(=O)NN=C(C)c2ccc(NC(=O)C3CCCCC3)cc2)cc(OC)c1OC. The fourth-order valence-electron chi connectivity index (χ4n) is 3.88. The van der Waals surface area contributed by atoms with Crippen LogP contribution in [0, 0.1) is 5.92 Å². The highest BCUT2D eigenvalue weighted by Gasteiger charge is 2.21. The van der Waals surface area contributed by atoms with Crippen LogP contribution in [0.2, 0.25) is 0 Å². The van der Waals surface area contributed by atoms with Crippen LogP contribution in [-0.4, -0.2) is 38.9 Å². The molecule has 0 saturated heterocycles. The molecule has 0 atom stereocenters. The van der Waals surface area contributed by atoms with Gasteiger partial charge in [0.25, 0.3) is 5.91 Å². The molecule has 1 aliphatic rings. The first-order chi connectivity index (χ1) is 16.0. The first-order valence-corrected chi connectivity index (χ1v) is 11.0. The normalized spacial score (nSPS) is 14.4. The molecular weight excluding hydrogens is 422 g/mol. The third-order valence-corrected chi connectivity index (χ3v) is 5.80. The molecule has 0 bridgehead atoms. The van der Waals surface area contributed by atoms with Gasteiger partial charge in [0, 0.05) is 17.2 Å². The molecule has 1 fully saturated rings. The average Bonchev–Trinajstić information content (AvgIpc) is 2.86. The van der Waals surface area contributed by atoms with Crippen LogP contribution in [0.25, 0.3) is 0 Å². The summed E-state index contributed by atoms with van der Waals surface area (Å²) in [6, 6.07) is 10.5. The number of nitrogens with zero attached hydrogens (tertiary/aromatic N) is 1. The Morgan fingerprint density at radius 1 is 0.879 bits per heavy atom. The quantitative estimate of drug-likeness (QED) is 0.456. The topological polar surface area (TPSA) is 98.2 Å². The van der Waals surface area contributed by atoms with Gasteiger partial charge in [-0.2, -0.15) is 5.10 Å². The van der Waals surface area contributed by atoms with Crippen molar-refractivity contribution in [1.29, 1.82) is 0 Å². The second kappa shape index (κ2) is 11.4. The summed E-state index contributed by atoms with van der Waals surface area (Å²) < 4.78 is 15.9. The van der Waals surface area contributed by atoms with Crippen LogP contribution in [0.4, 0.5) is 5.69 Å². The third kappa shape index (κ3) is 6.03. The lowest BCUT2D eigenvalue weighted by molar-refractivity contribution is -0.120. The number of anilines is 1. The molecule has 2 N–H and O–H groups in total. The molecule has 2 aromatic rings. The van der Waals surface area contributed by atoms with E-state index in [4.69, 9.17) is 14.2 Å². The van der Waals surface area contributed by atoms with Crippen LogP contribution >= 0.6 is 0 Å². The minimum absolute atomic E-state index is 0.0884. The van der Waals surface area contributed by atoms with Gasteiger partial charge in [0.15, 0.2) is 11.5 Å². The zero-order valence-corrected chi connectivity index (χ0v) is 19.6.